The van der Waals surface area contributed by atoms with E-state index in [-0.39, 0.29) is 28.6 Å². The van der Waals surface area contributed by atoms with E-state index in [0.29, 0.717) is 11.5 Å². The maximum Gasteiger partial charge on any atom is 0.331 e. The van der Waals surface area contributed by atoms with E-state index in [1.807, 2.05) is 13.0 Å². The van der Waals surface area contributed by atoms with Crippen molar-refractivity contribution in [3.63, 3.8) is 0 Å². The van der Waals surface area contributed by atoms with Gasteiger partial charge >= 0.3 is 5.97 Å². The minimum absolute atomic E-state index is 0.0290. The number of allylic oxidation sites excluding steroid dienone is 4. The summed E-state index contributed by atoms with van der Waals surface area (Å²) in [5.74, 6) is -1.21. The van der Waals surface area contributed by atoms with Gasteiger partial charge in [0.05, 0.1) is 12.0 Å². The molecule has 2 saturated carbocycles. The van der Waals surface area contributed by atoms with E-state index < -0.39 is 41.7 Å². The summed E-state index contributed by atoms with van der Waals surface area (Å²) in [6, 6.07) is 0. The molecule has 0 saturated heterocycles. The topological polar surface area (TPSA) is 104 Å². The third-order valence-electron chi connectivity index (χ3n) is 9.58. The molecule has 6 nitrogen and oxygen atoms in total. The number of carbonyl (C=O) groups excluding carboxylic acids is 2. The lowest BCUT2D eigenvalue weighted by Gasteiger charge is -2.48. The van der Waals surface area contributed by atoms with Crippen LogP contribution in [-0.4, -0.2) is 51.5 Å². The van der Waals surface area contributed by atoms with Gasteiger partial charge in [-0.25, -0.2) is 4.79 Å². The molecule has 8 atom stereocenters. The van der Waals surface area contributed by atoms with Gasteiger partial charge in [-0.05, 0) is 60.5 Å². The van der Waals surface area contributed by atoms with Crippen LogP contribution in [0.25, 0.3) is 0 Å². The lowest BCUT2D eigenvalue weighted by molar-refractivity contribution is -0.201. The summed E-state index contributed by atoms with van der Waals surface area (Å²) in [6.45, 7) is 9.66. The number of carbonyl (C=O) groups is 2. The van der Waals surface area contributed by atoms with Gasteiger partial charge in [-0.15, -0.1) is 0 Å². The summed E-state index contributed by atoms with van der Waals surface area (Å²) < 4.78 is 5.76. The number of hydrogen-bond acceptors (Lipinski definition) is 6. The van der Waals surface area contributed by atoms with Crippen LogP contribution in [0.3, 0.4) is 0 Å². The molecule has 36 heavy (non-hydrogen) atoms. The standard InChI is InChI=1S/C30H42O6/c1-6-7-8-9-10-11-12-13-23(32)36-27-18(2)16-29-19(3)14-22-24(28(22,4)5)21(26(29)34)15-20(17-31)25(33)30(27,29)35/h10-13,15-16,19,21-22,24-25,27,31,33,35H,6-9,14,17H2,1-5H3/b11-10-,13-12+/t19-,21?,22-,24+,25-,27+,29?,30+/m1/s1. The Bertz CT molecular complexity index is 1020. The van der Waals surface area contributed by atoms with E-state index in [4.69, 9.17) is 4.74 Å². The molecule has 0 aromatic carbocycles. The van der Waals surface area contributed by atoms with Crippen molar-refractivity contribution in [1.29, 1.82) is 0 Å². The average molecular weight is 499 g/mol. The Kier molecular flexibility index (Phi) is 7.28. The van der Waals surface area contributed by atoms with Gasteiger partial charge in [0.25, 0.3) is 0 Å². The summed E-state index contributed by atoms with van der Waals surface area (Å²) in [4.78, 5) is 27.1. The molecule has 0 heterocycles. The molecular weight excluding hydrogens is 456 g/mol. The maximum absolute atomic E-state index is 14.3. The van der Waals surface area contributed by atoms with Crippen LogP contribution < -0.4 is 0 Å². The molecule has 4 aliphatic rings. The second kappa shape index (κ2) is 9.70. The highest BCUT2D eigenvalue weighted by Crippen LogP contribution is 2.71. The van der Waals surface area contributed by atoms with Crippen molar-refractivity contribution in [2.45, 2.75) is 84.5 Å². The molecule has 4 rings (SSSR count). The summed E-state index contributed by atoms with van der Waals surface area (Å²) >= 11 is 0. The molecule has 1 spiro atoms. The van der Waals surface area contributed by atoms with Crippen LogP contribution in [0.2, 0.25) is 0 Å². The Morgan fingerprint density at radius 3 is 2.64 bits per heavy atom. The van der Waals surface area contributed by atoms with Gasteiger partial charge in [0.15, 0.2) is 17.5 Å². The first kappa shape index (κ1) is 27.0. The van der Waals surface area contributed by atoms with Crippen LogP contribution >= 0.6 is 0 Å². The largest absolute Gasteiger partial charge is 0.451 e. The molecule has 6 heteroatoms. The minimum atomic E-state index is -2.10. The molecule has 0 aromatic heterocycles. The second-order valence-electron chi connectivity index (χ2n) is 12.0. The van der Waals surface area contributed by atoms with Crippen LogP contribution in [0.5, 0.6) is 0 Å². The van der Waals surface area contributed by atoms with Crippen LogP contribution in [0, 0.1) is 34.5 Å². The predicted octanol–water partition coefficient (Wildman–Crippen LogP) is 4.06. The fourth-order valence-electron chi connectivity index (χ4n) is 7.57. The van der Waals surface area contributed by atoms with Gasteiger partial charge in [-0.3, -0.25) is 4.79 Å². The first-order valence-electron chi connectivity index (χ1n) is 13.5. The number of hydrogen-bond donors (Lipinski definition) is 3. The highest BCUT2D eigenvalue weighted by Gasteiger charge is 2.76. The zero-order chi connectivity index (χ0) is 26.5. The first-order chi connectivity index (χ1) is 17.0. The molecule has 2 bridgehead atoms. The van der Waals surface area contributed by atoms with E-state index in [2.05, 4.69) is 20.8 Å². The molecular formula is C30H42O6. The van der Waals surface area contributed by atoms with Crippen LogP contribution in [0.15, 0.2) is 47.6 Å². The third-order valence-corrected chi connectivity index (χ3v) is 9.58. The van der Waals surface area contributed by atoms with Crippen molar-refractivity contribution >= 4 is 11.8 Å². The summed E-state index contributed by atoms with van der Waals surface area (Å²) in [5, 5.41) is 34.0. The monoisotopic (exact) mass is 498 g/mol. The van der Waals surface area contributed by atoms with Crippen molar-refractivity contribution < 1.29 is 29.6 Å². The smallest absolute Gasteiger partial charge is 0.331 e. The molecule has 2 unspecified atom stereocenters. The number of ether oxygens (including phenoxy) is 1. The minimum Gasteiger partial charge on any atom is -0.451 e. The lowest BCUT2D eigenvalue weighted by atomic mass is 9.59. The summed E-state index contributed by atoms with van der Waals surface area (Å²) in [7, 11) is 0. The Labute approximate surface area is 214 Å². The van der Waals surface area contributed by atoms with Gasteiger partial charge in [0.2, 0.25) is 0 Å². The predicted molar refractivity (Wildman–Crippen MR) is 138 cm³/mol. The van der Waals surface area contributed by atoms with Crippen molar-refractivity contribution in [2.24, 2.45) is 34.5 Å². The van der Waals surface area contributed by atoms with Crippen molar-refractivity contribution in [3.05, 3.63) is 47.6 Å². The van der Waals surface area contributed by atoms with Crippen molar-refractivity contribution in [3.8, 4) is 0 Å². The van der Waals surface area contributed by atoms with E-state index in [0.717, 1.165) is 32.1 Å². The first-order valence-corrected chi connectivity index (χ1v) is 13.5. The second-order valence-corrected chi connectivity index (χ2v) is 12.0. The maximum atomic E-state index is 14.3. The van der Waals surface area contributed by atoms with Gasteiger partial charge in [0, 0.05) is 12.0 Å². The normalized spacial score (nSPS) is 40.8. The van der Waals surface area contributed by atoms with E-state index in [1.54, 1.807) is 31.2 Å². The molecule has 0 aliphatic heterocycles. The number of aliphatic hydroxyl groups is 3. The third kappa shape index (κ3) is 3.88. The van der Waals surface area contributed by atoms with Gasteiger partial charge < -0.3 is 20.1 Å². The fourth-order valence-corrected chi connectivity index (χ4v) is 7.57. The average Bonchev–Trinajstić information content (AvgIpc) is 3.32. The molecule has 2 fully saturated rings. The summed E-state index contributed by atoms with van der Waals surface area (Å²) in [6.07, 6.45) is 12.4. The Balaban J connectivity index is 1.66. The number of unbranched alkanes of at least 4 members (excludes halogenated alkanes) is 3. The molecule has 0 aromatic rings. The number of ketones is 1. The van der Waals surface area contributed by atoms with E-state index >= 15 is 0 Å². The number of rotatable bonds is 8. The number of esters is 1. The molecule has 0 radical (unpaired) electrons. The molecule has 4 aliphatic carbocycles. The highest BCUT2D eigenvalue weighted by molar-refractivity contribution is 5.95. The zero-order valence-corrected chi connectivity index (χ0v) is 22.2. The van der Waals surface area contributed by atoms with Crippen LogP contribution in [0.4, 0.5) is 0 Å². The van der Waals surface area contributed by atoms with Crippen LogP contribution in [0.1, 0.15) is 66.7 Å². The number of fused-ring (bicyclic) bond motifs is 3. The van der Waals surface area contributed by atoms with Gasteiger partial charge in [-0.1, -0.05) is 70.9 Å². The molecule has 3 N–H and O–H groups in total. The fraction of sp³-hybridized carbons (Fsp3) is 0.667. The SMILES string of the molecule is CCCCC/C=C\C=C\C(=O)O[C@H]1C(C)=CC23C(=O)C(C=C(CO)[C@@H](O)[C@]12O)[C@H]1[C@@H](C[C@H]3C)C1(C)C. The number of Topliss-reactive ketones (excluding diaryl/α,β-unsaturated/α-hetero) is 1. The Morgan fingerprint density at radius 1 is 1.25 bits per heavy atom. The molecule has 0 amide bonds. The quantitative estimate of drug-likeness (QED) is 0.153. The lowest BCUT2D eigenvalue weighted by Crippen LogP contribution is -2.65. The van der Waals surface area contributed by atoms with Crippen molar-refractivity contribution in [2.75, 3.05) is 6.61 Å². The van der Waals surface area contributed by atoms with Gasteiger partial charge in [0.1, 0.15) is 6.10 Å². The van der Waals surface area contributed by atoms with Gasteiger partial charge in [-0.2, -0.15) is 0 Å². The summed E-state index contributed by atoms with van der Waals surface area (Å²) in [5.41, 5.74) is -2.79. The van der Waals surface area contributed by atoms with Crippen LogP contribution in [-0.2, 0) is 14.3 Å². The molecule has 198 valence electrons. The van der Waals surface area contributed by atoms with E-state index in [1.165, 1.54) is 6.08 Å². The van der Waals surface area contributed by atoms with E-state index in [9.17, 15) is 24.9 Å². The highest BCUT2D eigenvalue weighted by atomic mass is 16.6. The Hall–Kier alpha value is -2.02. The Morgan fingerprint density at radius 2 is 1.97 bits per heavy atom. The van der Waals surface area contributed by atoms with Crippen molar-refractivity contribution in [1.82, 2.24) is 0 Å². The number of aliphatic hydroxyl groups excluding tert-OH is 2. The zero-order valence-electron chi connectivity index (χ0n) is 22.2.